The fourth-order valence-corrected chi connectivity index (χ4v) is 5.38. The monoisotopic (exact) mass is 361 g/mol. The van der Waals surface area contributed by atoms with Crippen LogP contribution in [0.25, 0.3) is 0 Å². The van der Waals surface area contributed by atoms with Crippen molar-refractivity contribution in [2.24, 2.45) is 5.92 Å². The van der Waals surface area contributed by atoms with Gasteiger partial charge in [-0.3, -0.25) is 4.90 Å². The van der Waals surface area contributed by atoms with Crippen molar-refractivity contribution in [3.63, 3.8) is 0 Å². The highest BCUT2D eigenvalue weighted by Crippen LogP contribution is 2.44. The summed E-state index contributed by atoms with van der Waals surface area (Å²) in [4.78, 5) is 2.53. The van der Waals surface area contributed by atoms with Crippen molar-refractivity contribution < 1.29 is 17.9 Å². The van der Waals surface area contributed by atoms with Crippen LogP contribution in [0.2, 0.25) is 0 Å². The predicted octanol–water partition coefficient (Wildman–Crippen LogP) is 0.779. The summed E-state index contributed by atoms with van der Waals surface area (Å²) in [5, 5.41) is 0. The number of hydrogen-bond donors (Lipinski definition) is 1. The molecule has 1 N–H and O–H groups in total. The third-order valence-electron chi connectivity index (χ3n) is 5.68. The quantitative estimate of drug-likeness (QED) is 0.783. The van der Waals surface area contributed by atoms with Crippen LogP contribution in [0.4, 0.5) is 0 Å². The van der Waals surface area contributed by atoms with E-state index in [1.807, 2.05) is 0 Å². The van der Waals surface area contributed by atoms with E-state index in [4.69, 9.17) is 9.47 Å². The van der Waals surface area contributed by atoms with E-state index >= 15 is 0 Å². The van der Waals surface area contributed by atoms with Crippen LogP contribution in [0.3, 0.4) is 0 Å². The summed E-state index contributed by atoms with van der Waals surface area (Å²) in [5.74, 6) is -0.259. The summed E-state index contributed by atoms with van der Waals surface area (Å²) in [6.07, 6.45) is 4.64. The summed E-state index contributed by atoms with van der Waals surface area (Å²) in [5.41, 5.74) is 0. The fraction of sp³-hybridized carbons (Fsp3) is 1.00. The lowest BCUT2D eigenvalue weighted by Gasteiger charge is -2.51. The van der Waals surface area contributed by atoms with Gasteiger partial charge < -0.3 is 9.47 Å². The van der Waals surface area contributed by atoms with E-state index in [0.29, 0.717) is 19.3 Å². The van der Waals surface area contributed by atoms with Gasteiger partial charge in [0.2, 0.25) is 0 Å². The third kappa shape index (κ3) is 3.64. The zero-order valence-electron chi connectivity index (χ0n) is 15.0. The minimum atomic E-state index is -3.43. The van der Waals surface area contributed by atoms with E-state index in [2.05, 4.69) is 16.5 Å². The molecule has 0 radical (unpaired) electrons. The molecule has 1 spiro atoms. The first-order chi connectivity index (χ1) is 11.4. The summed E-state index contributed by atoms with van der Waals surface area (Å²) >= 11 is 0. The second-order valence-corrected chi connectivity index (χ2v) is 9.33. The van der Waals surface area contributed by atoms with Crippen molar-refractivity contribution in [3.05, 3.63) is 0 Å². The topological polar surface area (TPSA) is 71.1 Å². The van der Waals surface area contributed by atoms with Crippen molar-refractivity contribution in [1.29, 1.82) is 0 Å². The molecule has 3 aliphatic rings. The molecule has 8 heteroatoms. The van der Waals surface area contributed by atoms with Gasteiger partial charge >= 0.3 is 0 Å². The van der Waals surface area contributed by atoms with E-state index < -0.39 is 16.0 Å². The Morgan fingerprint density at radius 3 is 2.58 bits per heavy atom. The van der Waals surface area contributed by atoms with E-state index in [0.717, 1.165) is 45.2 Å². The summed E-state index contributed by atoms with van der Waals surface area (Å²) in [6, 6.07) is 0.354. The number of likely N-dealkylation sites (tertiary alicyclic amines) is 1. The van der Waals surface area contributed by atoms with Crippen LogP contribution in [0.5, 0.6) is 0 Å². The molecule has 1 saturated carbocycles. The number of hydrogen-bond acceptors (Lipinski definition) is 5. The second kappa shape index (κ2) is 7.17. The van der Waals surface area contributed by atoms with Gasteiger partial charge in [-0.25, -0.2) is 0 Å². The Hall–Kier alpha value is -0.250. The first-order valence-electron chi connectivity index (χ1n) is 9.09. The molecule has 3 fully saturated rings. The van der Waals surface area contributed by atoms with E-state index in [-0.39, 0.29) is 12.0 Å². The summed E-state index contributed by atoms with van der Waals surface area (Å²) in [7, 11) is -0.296. The molecule has 24 heavy (non-hydrogen) atoms. The Balaban J connectivity index is 1.79. The summed E-state index contributed by atoms with van der Waals surface area (Å²) in [6.45, 7) is 5.50. The van der Waals surface area contributed by atoms with Crippen molar-refractivity contribution in [3.8, 4) is 0 Å². The molecular formula is C16H31N3O4S. The van der Waals surface area contributed by atoms with Crippen molar-refractivity contribution in [1.82, 2.24) is 13.9 Å². The zero-order valence-corrected chi connectivity index (χ0v) is 15.8. The average Bonchev–Trinajstić information content (AvgIpc) is 2.97. The second-order valence-electron chi connectivity index (χ2n) is 7.42. The molecular weight excluding hydrogens is 330 g/mol. The first-order valence-corrected chi connectivity index (χ1v) is 10.5. The predicted molar refractivity (Wildman–Crippen MR) is 91.8 cm³/mol. The molecule has 1 aliphatic carbocycles. The van der Waals surface area contributed by atoms with Gasteiger partial charge in [0.25, 0.3) is 10.2 Å². The number of ether oxygens (including phenoxy) is 2. The highest BCUT2D eigenvalue weighted by Gasteiger charge is 2.50. The van der Waals surface area contributed by atoms with Crippen LogP contribution in [0.1, 0.15) is 39.0 Å². The largest absolute Gasteiger partial charge is 0.348 e. The SMILES string of the molecule is CCCN1CCC(NS(=O)(=O)N(C)C)C2CC3(CCC21)OCCO3. The maximum atomic E-state index is 12.3. The van der Waals surface area contributed by atoms with Crippen LogP contribution in [-0.4, -0.2) is 75.9 Å². The van der Waals surface area contributed by atoms with E-state index in [1.165, 1.54) is 4.31 Å². The molecule has 0 aromatic rings. The molecule has 0 aromatic heterocycles. The summed E-state index contributed by atoms with van der Waals surface area (Å²) < 4.78 is 40.7. The van der Waals surface area contributed by atoms with Crippen LogP contribution in [-0.2, 0) is 19.7 Å². The van der Waals surface area contributed by atoms with Gasteiger partial charge in [-0.05, 0) is 38.3 Å². The molecule has 0 aromatic carbocycles. The molecule has 2 aliphatic heterocycles. The maximum Gasteiger partial charge on any atom is 0.279 e. The minimum absolute atomic E-state index is 0.0551. The highest BCUT2D eigenvalue weighted by molar-refractivity contribution is 7.87. The fourth-order valence-electron chi connectivity index (χ4n) is 4.49. The maximum absolute atomic E-state index is 12.3. The number of piperidine rings is 1. The van der Waals surface area contributed by atoms with Crippen LogP contribution in [0.15, 0.2) is 0 Å². The van der Waals surface area contributed by atoms with Gasteiger partial charge in [0.1, 0.15) is 0 Å². The smallest absolute Gasteiger partial charge is 0.279 e. The van der Waals surface area contributed by atoms with Crippen LogP contribution >= 0.6 is 0 Å². The zero-order chi connectivity index (χ0) is 17.4. The molecule has 2 saturated heterocycles. The lowest BCUT2D eigenvalue weighted by molar-refractivity contribution is -0.203. The molecule has 3 unspecified atom stereocenters. The van der Waals surface area contributed by atoms with E-state index in [9.17, 15) is 8.42 Å². The molecule has 7 nitrogen and oxygen atoms in total. The molecule has 3 rings (SSSR count). The number of nitrogens with one attached hydrogen (secondary N) is 1. The van der Waals surface area contributed by atoms with Gasteiger partial charge in [-0.1, -0.05) is 6.92 Å². The lowest BCUT2D eigenvalue weighted by Crippen LogP contribution is -2.61. The lowest BCUT2D eigenvalue weighted by atomic mass is 9.73. The average molecular weight is 362 g/mol. The van der Waals surface area contributed by atoms with Crippen molar-refractivity contribution in [2.75, 3.05) is 40.4 Å². The number of nitrogens with zero attached hydrogens (tertiary/aromatic N) is 2. The standard InChI is InChI=1S/C16H31N3O4S/c1-4-8-19-9-6-14(17-24(20,21)18(2)3)13-12-16(7-5-15(13)19)22-10-11-23-16/h13-15,17H,4-12H2,1-3H3. The minimum Gasteiger partial charge on any atom is -0.348 e. The van der Waals surface area contributed by atoms with Gasteiger partial charge in [-0.2, -0.15) is 17.4 Å². The molecule has 0 amide bonds. The van der Waals surface area contributed by atoms with Crippen LogP contribution < -0.4 is 4.72 Å². The number of fused-ring (bicyclic) bond motifs is 1. The van der Waals surface area contributed by atoms with Gasteiger partial charge in [0, 0.05) is 39.0 Å². The van der Waals surface area contributed by atoms with E-state index in [1.54, 1.807) is 14.1 Å². The molecule has 0 bridgehead atoms. The van der Waals surface area contributed by atoms with Gasteiger partial charge in [-0.15, -0.1) is 0 Å². The molecule has 3 atom stereocenters. The van der Waals surface area contributed by atoms with Crippen LogP contribution in [0, 0.1) is 5.92 Å². The Labute approximate surface area is 145 Å². The Kier molecular flexibility index (Phi) is 5.54. The van der Waals surface area contributed by atoms with Crippen molar-refractivity contribution in [2.45, 2.75) is 56.9 Å². The number of rotatable bonds is 5. The van der Waals surface area contributed by atoms with Gasteiger partial charge in [0.15, 0.2) is 5.79 Å². The first kappa shape index (κ1) is 18.5. The normalized spacial score (nSPS) is 33.9. The van der Waals surface area contributed by atoms with Gasteiger partial charge in [0.05, 0.1) is 13.2 Å². The highest BCUT2D eigenvalue weighted by atomic mass is 32.2. The van der Waals surface area contributed by atoms with Crippen molar-refractivity contribution >= 4 is 10.2 Å². The molecule has 2 heterocycles. The Morgan fingerprint density at radius 2 is 1.96 bits per heavy atom. The Morgan fingerprint density at radius 1 is 1.25 bits per heavy atom. The third-order valence-corrected chi connectivity index (χ3v) is 7.24. The molecule has 140 valence electrons. The Bertz CT molecular complexity index is 533.